The number of carbonyl (C=O) groups is 1. The number of hydrogen-bond donors (Lipinski definition) is 3. The van der Waals surface area contributed by atoms with Crippen LogP contribution in [0, 0.1) is 5.82 Å². The van der Waals surface area contributed by atoms with E-state index < -0.39 is 16.1 Å². The fourth-order valence-electron chi connectivity index (χ4n) is 2.12. The van der Waals surface area contributed by atoms with E-state index in [1.807, 2.05) is 0 Å². The van der Waals surface area contributed by atoms with Crippen molar-refractivity contribution in [1.29, 1.82) is 0 Å². The summed E-state index contributed by atoms with van der Waals surface area (Å²) < 4.78 is 38.8. The second kappa shape index (κ2) is 8.48. The average Bonchev–Trinajstić information content (AvgIpc) is 2.54. The second-order valence-electron chi connectivity index (χ2n) is 5.44. The van der Waals surface area contributed by atoms with Gasteiger partial charge in [0, 0.05) is 12.2 Å². The van der Waals surface area contributed by atoms with Crippen molar-refractivity contribution in [2.24, 2.45) is 0 Å². The van der Waals surface area contributed by atoms with Crippen LogP contribution in [0.2, 0.25) is 0 Å². The van der Waals surface area contributed by atoms with Crippen molar-refractivity contribution < 1.29 is 17.6 Å². The van der Waals surface area contributed by atoms with Crippen molar-refractivity contribution in [3.63, 3.8) is 0 Å². The third-order valence-electron chi connectivity index (χ3n) is 3.23. The fourth-order valence-corrected chi connectivity index (χ4v) is 3.25. The molecule has 0 heterocycles. The molecular weight excluding hydrogens is 345 g/mol. The van der Waals surface area contributed by atoms with Gasteiger partial charge < -0.3 is 10.6 Å². The van der Waals surface area contributed by atoms with Crippen molar-refractivity contribution in [3.05, 3.63) is 59.9 Å². The van der Waals surface area contributed by atoms with E-state index in [1.54, 1.807) is 37.3 Å². The van der Waals surface area contributed by atoms with Gasteiger partial charge >= 0.3 is 6.03 Å². The minimum Gasteiger partial charge on any atom is -0.334 e. The van der Waals surface area contributed by atoms with Gasteiger partial charge in [-0.15, -0.1) is 0 Å². The molecule has 2 aromatic carbocycles. The number of anilines is 2. The number of sulfonamides is 1. The molecular formula is C17H20FN3O3S. The van der Waals surface area contributed by atoms with E-state index in [0.717, 1.165) is 5.56 Å². The quantitative estimate of drug-likeness (QED) is 0.703. The van der Waals surface area contributed by atoms with Crippen molar-refractivity contribution in [1.82, 2.24) is 5.32 Å². The van der Waals surface area contributed by atoms with Gasteiger partial charge in [-0.3, -0.25) is 4.72 Å². The van der Waals surface area contributed by atoms with Crippen molar-refractivity contribution in [2.75, 3.05) is 15.8 Å². The average molecular weight is 365 g/mol. The van der Waals surface area contributed by atoms with E-state index in [9.17, 15) is 17.6 Å². The SMILES string of the molecule is CCCS(=O)(=O)Nc1cccc(NC(=O)NCc2ccc(F)cc2)c1. The van der Waals surface area contributed by atoms with Crippen LogP contribution in [0.1, 0.15) is 18.9 Å². The van der Waals surface area contributed by atoms with Crippen LogP contribution >= 0.6 is 0 Å². The van der Waals surface area contributed by atoms with Gasteiger partial charge in [-0.25, -0.2) is 17.6 Å². The molecule has 0 bridgehead atoms. The van der Waals surface area contributed by atoms with Gasteiger partial charge in [-0.05, 0) is 42.3 Å². The predicted octanol–water partition coefficient (Wildman–Crippen LogP) is 3.30. The molecule has 0 atom stereocenters. The summed E-state index contributed by atoms with van der Waals surface area (Å²) >= 11 is 0. The van der Waals surface area contributed by atoms with Crippen LogP contribution in [0.5, 0.6) is 0 Å². The highest BCUT2D eigenvalue weighted by Crippen LogP contribution is 2.16. The third-order valence-corrected chi connectivity index (χ3v) is 4.73. The standard InChI is InChI=1S/C17H20FN3O3S/c1-2-10-25(23,24)21-16-5-3-4-15(11-16)20-17(22)19-12-13-6-8-14(18)9-7-13/h3-9,11,21H,2,10,12H2,1H3,(H2,19,20,22). The Morgan fingerprint density at radius 2 is 1.76 bits per heavy atom. The van der Waals surface area contributed by atoms with Crippen molar-refractivity contribution in [2.45, 2.75) is 19.9 Å². The van der Waals surface area contributed by atoms with E-state index in [2.05, 4.69) is 15.4 Å². The normalized spacial score (nSPS) is 11.0. The Labute approximate surface area is 146 Å². The molecule has 0 aromatic heterocycles. The van der Waals surface area contributed by atoms with Crippen molar-refractivity contribution in [3.8, 4) is 0 Å². The molecule has 0 saturated heterocycles. The lowest BCUT2D eigenvalue weighted by Crippen LogP contribution is -2.28. The molecule has 134 valence electrons. The molecule has 0 aliphatic carbocycles. The summed E-state index contributed by atoms with van der Waals surface area (Å²) in [5.74, 6) is -0.307. The van der Waals surface area contributed by atoms with Gasteiger partial charge in [-0.2, -0.15) is 0 Å². The summed E-state index contributed by atoms with van der Waals surface area (Å²) in [6.45, 7) is 2.03. The van der Waals surface area contributed by atoms with Crippen LogP contribution in [0.3, 0.4) is 0 Å². The molecule has 3 N–H and O–H groups in total. The Balaban J connectivity index is 1.92. The van der Waals surface area contributed by atoms with Gasteiger partial charge in [0.05, 0.1) is 11.4 Å². The van der Waals surface area contributed by atoms with E-state index in [-0.39, 0.29) is 18.1 Å². The molecule has 0 fully saturated rings. The highest BCUT2D eigenvalue weighted by Gasteiger charge is 2.09. The molecule has 2 aromatic rings. The van der Waals surface area contributed by atoms with E-state index in [1.165, 1.54) is 18.2 Å². The van der Waals surface area contributed by atoms with Gasteiger partial charge in [0.1, 0.15) is 5.82 Å². The molecule has 0 unspecified atom stereocenters. The lowest BCUT2D eigenvalue weighted by molar-refractivity contribution is 0.251. The van der Waals surface area contributed by atoms with E-state index in [0.29, 0.717) is 17.8 Å². The monoisotopic (exact) mass is 365 g/mol. The zero-order valence-electron chi connectivity index (χ0n) is 13.8. The highest BCUT2D eigenvalue weighted by molar-refractivity contribution is 7.92. The first-order valence-electron chi connectivity index (χ1n) is 7.78. The zero-order chi connectivity index (χ0) is 18.3. The van der Waals surface area contributed by atoms with Crippen LogP contribution in [0.15, 0.2) is 48.5 Å². The smallest absolute Gasteiger partial charge is 0.319 e. The number of urea groups is 1. The molecule has 6 nitrogen and oxygen atoms in total. The number of hydrogen-bond acceptors (Lipinski definition) is 3. The summed E-state index contributed by atoms with van der Waals surface area (Å²) in [6, 6.07) is 11.8. The van der Waals surface area contributed by atoms with Gasteiger partial charge in [-0.1, -0.05) is 25.1 Å². The first-order valence-corrected chi connectivity index (χ1v) is 9.43. The lowest BCUT2D eigenvalue weighted by Gasteiger charge is -2.11. The number of carbonyl (C=O) groups excluding carboxylic acids is 1. The summed E-state index contributed by atoms with van der Waals surface area (Å²) in [7, 11) is -3.39. The van der Waals surface area contributed by atoms with Crippen LogP contribution in [-0.2, 0) is 16.6 Å². The fraction of sp³-hybridized carbons (Fsp3) is 0.235. The number of nitrogens with one attached hydrogen (secondary N) is 3. The summed E-state index contributed by atoms with van der Waals surface area (Å²) in [4.78, 5) is 11.9. The van der Waals surface area contributed by atoms with E-state index in [4.69, 9.17) is 0 Å². The van der Waals surface area contributed by atoms with Crippen LogP contribution in [-0.4, -0.2) is 20.2 Å². The summed E-state index contributed by atoms with van der Waals surface area (Å²) in [6.07, 6.45) is 0.513. The second-order valence-corrected chi connectivity index (χ2v) is 7.28. The maximum atomic E-state index is 12.8. The Kier molecular flexibility index (Phi) is 6.35. The largest absolute Gasteiger partial charge is 0.334 e. The Morgan fingerprint density at radius 1 is 1.08 bits per heavy atom. The first kappa shape index (κ1) is 18.7. The molecule has 8 heteroatoms. The number of amides is 2. The highest BCUT2D eigenvalue weighted by atomic mass is 32.2. The van der Waals surface area contributed by atoms with Gasteiger partial charge in [0.15, 0.2) is 0 Å². The lowest BCUT2D eigenvalue weighted by atomic mass is 10.2. The summed E-state index contributed by atoms with van der Waals surface area (Å²) in [5.41, 5.74) is 1.59. The topological polar surface area (TPSA) is 87.3 Å². The van der Waals surface area contributed by atoms with Crippen LogP contribution in [0.25, 0.3) is 0 Å². The molecule has 25 heavy (non-hydrogen) atoms. The summed E-state index contributed by atoms with van der Waals surface area (Å²) in [5, 5.41) is 5.27. The number of benzene rings is 2. The Hall–Kier alpha value is -2.61. The molecule has 2 rings (SSSR count). The molecule has 0 aliphatic heterocycles. The molecule has 2 amide bonds. The maximum Gasteiger partial charge on any atom is 0.319 e. The minimum absolute atomic E-state index is 0.0306. The van der Waals surface area contributed by atoms with Gasteiger partial charge in [0.2, 0.25) is 10.0 Å². The molecule has 0 spiro atoms. The van der Waals surface area contributed by atoms with Crippen molar-refractivity contribution >= 4 is 27.4 Å². The minimum atomic E-state index is -3.39. The number of halogens is 1. The first-order chi connectivity index (χ1) is 11.9. The van der Waals surface area contributed by atoms with E-state index >= 15 is 0 Å². The molecule has 0 radical (unpaired) electrons. The molecule has 0 aliphatic rings. The predicted molar refractivity (Wildman–Crippen MR) is 96.4 cm³/mol. The Morgan fingerprint density at radius 3 is 2.44 bits per heavy atom. The maximum absolute atomic E-state index is 12.8. The molecule has 0 saturated carbocycles. The number of rotatable bonds is 7. The third kappa shape index (κ3) is 6.42. The van der Waals surface area contributed by atoms with Crippen LogP contribution in [0.4, 0.5) is 20.6 Å². The Bertz CT molecular complexity index is 823. The van der Waals surface area contributed by atoms with Gasteiger partial charge in [0.25, 0.3) is 0 Å². The zero-order valence-corrected chi connectivity index (χ0v) is 14.6. The van der Waals surface area contributed by atoms with Crippen LogP contribution < -0.4 is 15.4 Å².